The predicted octanol–water partition coefficient (Wildman–Crippen LogP) is 2.95. The summed E-state index contributed by atoms with van der Waals surface area (Å²) < 4.78 is 5.04. The van der Waals surface area contributed by atoms with Gasteiger partial charge < -0.3 is 15.0 Å². The number of rotatable bonds is 5. The van der Waals surface area contributed by atoms with Crippen LogP contribution < -0.4 is 5.32 Å². The van der Waals surface area contributed by atoms with Gasteiger partial charge in [0, 0.05) is 17.4 Å². The Kier molecular flexibility index (Phi) is 4.61. The Morgan fingerprint density at radius 3 is 2.58 bits per heavy atom. The molecule has 0 aliphatic heterocycles. The summed E-state index contributed by atoms with van der Waals surface area (Å²) in [7, 11) is 0. The Morgan fingerprint density at radius 2 is 1.83 bits per heavy atom. The molecule has 3 rings (SSSR count). The zero-order chi connectivity index (χ0) is 16.9. The normalized spacial score (nSPS) is 10.5. The van der Waals surface area contributed by atoms with E-state index >= 15 is 0 Å². The summed E-state index contributed by atoms with van der Waals surface area (Å²) in [6, 6.07) is 17.1. The third-order valence-electron chi connectivity index (χ3n) is 3.69. The van der Waals surface area contributed by atoms with Crippen molar-refractivity contribution in [2.75, 3.05) is 6.61 Å². The lowest BCUT2D eigenvalue weighted by Gasteiger charge is -2.06. The lowest BCUT2D eigenvalue weighted by molar-refractivity contribution is -0.124. The minimum Gasteiger partial charge on any atom is -0.451 e. The predicted molar refractivity (Wildman–Crippen MR) is 91.6 cm³/mol. The number of carbonyl (C=O) groups is 2. The molecule has 0 atom stereocenters. The molecule has 1 aromatic heterocycles. The van der Waals surface area contributed by atoms with Gasteiger partial charge in [-0.2, -0.15) is 0 Å². The average Bonchev–Trinajstić information content (AvgIpc) is 3.03. The molecule has 0 bridgehead atoms. The number of amides is 1. The zero-order valence-electron chi connectivity index (χ0n) is 13.3. The smallest absolute Gasteiger partial charge is 0.355 e. The fraction of sp³-hybridized carbons (Fsp3) is 0.158. The first kappa shape index (κ1) is 15.8. The topological polar surface area (TPSA) is 71.2 Å². The monoisotopic (exact) mass is 322 g/mol. The lowest BCUT2D eigenvalue weighted by Crippen LogP contribution is -2.28. The molecule has 0 aliphatic carbocycles. The number of carbonyl (C=O) groups excluding carboxylic acids is 2. The Hall–Kier alpha value is -3.08. The minimum atomic E-state index is -0.545. The first-order chi connectivity index (χ1) is 11.6. The van der Waals surface area contributed by atoms with Gasteiger partial charge in [0.25, 0.3) is 5.91 Å². The molecule has 0 saturated carbocycles. The number of aromatic amines is 1. The number of hydrogen-bond acceptors (Lipinski definition) is 3. The molecule has 122 valence electrons. The highest BCUT2D eigenvalue weighted by molar-refractivity contribution is 5.95. The van der Waals surface area contributed by atoms with Gasteiger partial charge in [0.1, 0.15) is 5.69 Å². The van der Waals surface area contributed by atoms with E-state index in [4.69, 9.17) is 4.74 Å². The van der Waals surface area contributed by atoms with Crippen molar-refractivity contribution in [2.45, 2.75) is 13.5 Å². The molecule has 0 radical (unpaired) electrons. The highest BCUT2D eigenvalue weighted by Gasteiger charge is 2.12. The van der Waals surface area contributed by atoms with Crippen LogP contribution in [0.3, 0.4) is 0 Å². The second-order valence-electron chi connectivity index (χ2n) is 5.61. The summed E-state index contributed by atoms with van der Waals surface area (Å²) >= 11 is 0. The SMILES string of the molecule is Cc1ccc(CNC(=O)COC(=O)c2cc3ccccc3[nH]2)cc1. The number of H-pyrrole nitrogens is 1. The molecular weight excluding hydrogens is 304 g/mol. The zero-order valence-corrected chi connectivity index (χ0v) is 13.3. The number of para-hydroxylation sites is 1. The van der Waals surface area contributed by atoms with Gasteiger partial charge in [-0.1, -0.05) is 48.0 Å². The molecule has 3 aromatic rings. The van der Waals surface area contributed by atoms with Crippen molar-refractivity contribution in [3.8, 4) is 0 Å². The van der Waals surface area contributed by atoms with Crippen molar-refractivity contribution in [1.82, 2.24) is 10.3 Å². The van der Waals surface area contributed by atoms with Crippen LogP contribution in [0.2, 0.25) is 0 Å². The van der Waals surface area contributed by atoms with E-state index in [-0.39, 0.29) is 12.5 Å². The molecule has 5 heteroatoms. The maximum Gasteiger partial charge on any atom is 0.355 e. The summed E-state index contributed by atoms with van der Waals surface area (Å²) in [6.45, 7) is 2.11. The second kappa shape index (κ2) is 7.00. The molecular formula is C19H18N2O3. The van der Waals surface area contributed by atoms with Gasteiger partial charge in [0.15, 0.2) is 6.61 Å². The fourth-order valence-corrected chi connectivity index (χ4v) is 2.35. The number of nitrogens with one attached hydrogen (secondary N) is 2. The van der Waals surface area contributed by atoms with E-state index in [1.165, 1.54) is 0 Å². The van der Waals surface area contributed by atoms with E-state index in [0.29, 0.717) is 12.2 Å². The van der Waals surface area contributed by atoms with Crippen molar-refractivity contribution in [2.24, 2.45) is 0 Å². The van der Waals surface area contributed by atoms with Gasteiger partial charge in [0.2, 0.25) is 0 Å². The molecule has 2 aromatic carbocycles. The molecule has 5 nitrogen and oxygen atoms in total. The molecule has 24 heavy (non-hydrogen) atoms. The van der Waals surface area contributed by atoms with Crippen molar-refractivity contribution < 1.29 is 14.3 Å². The molecule has 1 amide bonds. The first-order valence-electron chi connectivity index (χ1n) is 7.69. The third kappa shape index (κ3) is 3.81. The van der Waals surface area contributed by atoms with Crippen LogP contribution in [-0.2, 0) is 16.1 Å². The highest BCUT2D eigenvalue weighted by Crippen LogP contribution is 2.15. The van der Waals surface area contributed by atoms with Crippen LogP contribution in [0.4, 0.5) is 0 Å². The maximum absolute atomic E-state index is 12.0. The van der Waals surface area contributed by atoms with Crippen molar-refractivity contribution in [3.05, 3.63) is 71.4 Å². The number of hydrogen-bond donors (Lipinski definition) is 2. The maximum atomic E-state index is 12.0. The van der Waals surface area contributed by atoms with E-state index in [1.54, 1.807) is 6.07 Å². The summed E-state index contributed by atoms with van der Waals surface area (Å²) in [5, 5.41) is 3.65. The van der Waals surface area contributed by atoms with Gasteiger partial charge in [-0.25, -0.2) is 4.79 Å². The minimum absolute atomic E-state index is 0.305. The average molecular weight is 322 g/mol. The van der Waals surface area contributed by atoms with Crippen molar-refractivity contribution in [3.63, 3.8) is 0 Å². The van der Waals surface area contributed by atoms with E-state index < -0.39 is 5.97 Å². The van der Waals surface area contributed by atoms with Gasteiger partial charge in [-0.3, -0.25) is 4.79 Å². The Balaban J connectivity index is 1.50. The summed E-state index contributed by atoms with van der Waals surface area (Å²) in [5.74, 6) is -0.878. The second-order valence-corrected chi connectivity index (χ2v) is 5.61. The van der Waals surface area contributed by atoms with E-state index in [9.17, 15) is 9.59 Å². The van der Waals surface area contributed by atoms with E-state index in [0.717, 1.165) is 22.0 Å². The molecule has 2 N–H and O–H groups in total. The molecule has 0 spiro atoms. The van der Waals surface area contributed by atoms with E-state index in [1.807, 2.05) is 55.5 Å². The van der Waals surface area contributed by atoms with Gasteiger partial charge in [-0.05, 0) is 24.6 Å². The standard InChI is InChI=1S/C19H18N2O3/c1-13-6-8-14(9-7-13)11-20-18(22)12-24-19(23)17-10-15-4-2-3-5-16(15)21-17/h2-10,21H,11-12H2,1H3,(H,20,22). The molecule has 0 saturated heterocycles. The fourth-order valence-electron chi connectivity index (χ4n) is 2.35. The summed E-state index contributed by atoms with van der Waals surface area (Å²) in [4.78, 5) is 26.8. The van der Waals surface area contributed by atoms with Crippen LogP contribution in [0.25, 0.3) is 10.9 Å². The van der Waals surface area contributed by atoms with Crippen LogP contribution in [0.15, 0.2) is 54.6 Å². The van der Waals surface area contributed by atoms with Crippen LogP contribution in [-0.4, -0.2) is 23.5 Å². The molecule has 1 heterocycles. The Labute approximate surface area is 139 Å². The Bertz CT molecular complexity index is 833. The van der Waals surface area contributed by atoms with Crippen LogP contribution in [0, 0.1) is 6.92 Å². The van der Waals surface area contributed by atoms with Crippen molar-refractivity contribution in [1.29, 1.82) is 0 Å². The first-order valence-corrected chi connectivity index (χ1v) is 7.69. The van der Waals surface area contributed by atoms with Gasteiger partial charge in [-0.15, -0.1) is 0 Å². The number of benzene rings is 2. The van der Waals surface area contributed by atoms with Crippen LogP contribution in [0.1, 0.15) is 21.6 Å². The van der Waals surface area contributed by atoms with Crippen LogP contribution in [0.5, 0.6) is 0 Å². The number of ether oxygens (including phenoxy) is 1. The molecule has 0 aliphatic rings. The number of aryl methyl sites for hydroxylation is 1. The largest absolute Gasteiger partial charge is 0.451 e. The summed E-state index contributed by atoms with van der Waals surface area (Å²) in [5.41, 5.74) is 3.35. The Morgan fingerprint density at radius 1 is 1.08 bits per heavy atom. The third-order valence-corrected chi connectivity index (χ3v) is 3.69. The number of esters is 1. The van der Waals surface area contributed by atoms with Crippen LogP contribution >= 0.6 is 0 Å². The number of fused-ring (bicyclic) bond motifs is 1. The number of aromatic nitrogens is 1. The van der Waals surface area contributed by atoms with Crippen molar-refractivity contribution >= 4 is 22.8 Å². The summed E-state index contributed by atoms with van der Waals surface area (Å²) in [6.07, 6.45) is 0. The highest BCUT2D eigenvalue weighted by atomic mass is 16.5. The lowest BCUT2D eigenvalue weighted by atomic mass is 10.1. The van der Waals surface area contributed by atoms with Gasteiger partial charge in [0.05, 0.1) is 0 Å². The molecule has 0 unspecified atom stereocenters. The van der Waals surface area contributed by atoms with Gasteiger partial charge >= 0.3 is 5.97 Å². The molecule has 0 fully saturated rings. The quantitative estimate of drug-likeness (QED) is 0.710. The van der Waals surface area contributed by atoms with E-state index in [2.05, 4.69) is 10.3 Å².